The van der Waals surface area contributed by atoms with Crippen molar-refractivity contribution in [3.05, 3.63) is 78.0 Å². The smallest absolute Gasteiger partial charge is 0.331 e. The maximum absolute atomic E-state index is 14.7. The van der Waals surface area contributed by atoms with Gasteiger partial charge >= 0.3 is 6.05 Å². The Morgan fingerprint density at radius 3 is 2.40 bits per heavy atom. The molecule has 0 saturated carbocycles. The number of imidazole rings is 1. The topological polar surface area (TPSA) is 45.1 Å². The van der Waals surface area contributed by atoms with Gasteiger partial charge in [-0.15, -0.1) is 0 Å². The molecule has 1 aliphatic heterocycles. The number of rotatable bonds is 5. The summed E-state index contributed by atoms with van der Waals surface area (Å²) in [5, 5.41) is 0. The van der Waals surface area contributed by atoms with Crippen molar-refractivity contribution in [2.45, 2.75) is 19.4 Å². The van der Waals surface area contributed by atoms with Crippen molar-refractivity contribution in [1.29, 1.82) is 0 Å². The van der Waals surface area contributed by atoms with E-state index in [2.05, 4.69) is 9.97 Å². The predicted molar refractivity (Wildman–Crippen MR) is 112 cm³/mol. The zero-order valence-electron chi connectivity index (χ0n) is 16.5. The van der Waals surface area contributed by atoms with E-state index in [9.17, 15) is 8.78 Å². The summed E-state index contributed by atoms with van der Waals surface area (Å²) in [4.78, 5) is 9.13. The molecule has 0 amide bonds. The standard InChI is InChI=1S/C24H21F2N3O/c1-16-22(17-7-3-2-4-8-17)28-23(27-16)21-12-11-20(30-21)18-9-5-10-19(15-18)24(25,26)29-13-6-14-29/h2-5,7-12,15H,6,13-14H2,1H3,(H,27,28). The molecule has 0 radical (unpaired) electrons. The van der Waals surface area contributed by atoms with Crippen molar-refractivity contribution >= 4 is 0 Å². The van der Waals surface area contributed by atoms with Crippen LogP contribution in [-0.4, -0.2) is 28.0 Å². The molecule has 4 aromatic rings. The third kappa shape index (κ3) is 3.23. The molecule has 1 aliphatic rings. The van der Waals surface area contributed by atoms with Crippen LogP contribution in [0.2, 0.25) is 0 Å². The van der Waals surface area contributed by atoms with Crippen LogP contribution in [-0.2, 0) is 6.05 Å². The van der Waals surface area contributed by atoms with E-state index in [4.69, 9.17) is 4.42 Å². The minimum absolute atomic E-state index is 0.0159. The number of nitrogens with one attached hydrogen (secondary N) is 1. The lowest BCUT2D eigenvalue weighted by molar-refractivity contribution is -0.180. The van der Waals surface area contributed by atoms with Crippen molar-refractivity contribution in [2.75, 3.05) is 13.1 Å². The molecular weight excluding hydrogens is 384 g/mol. The summed E-state index contributed by atoms with van der Waals surface area (Å²) < 4.78 is 35.3. The molecule has 2 aromatic carbocycles. The van der Waals surface area contributed by atoms with Gasteiger partial charge in [0.15, 0.2) is 11.6 Å². The van der Waals surface area contributed by atoms with Crippen molar-refractivity contribution < 1.29 is 13.2 Å². The fourth-order valence-corrected chi connectivity index (χ4v) is 3.71. The van der Waals surface area contributed by atoms with Crippen molar-refractivity contribution in [1.82, 2.24) is 14.9 Å². The summed E-state index contributed by atoms with van der Waals surface area (Å²) in [6.07, 6.45) is 0.810. The first-order valence-corrected chi connectivity index (χ1v) is 9.98. The van der Waals surface area contributed by atoms with Crippen LogP contribution in [0, 0.1) is 6.92 Å². The average Bonchev–Trinajstić information content (AvgIpc) is 3.34. The second-order valence-electron chi connectivity index (χ2n) is 7.55. The summed E-state index contributed by atoms with van der Waals surface area (Å²) >= 11 is 0. The zero-order valence-corrected chi connectivity index (χ0v) is 16.5. The van der Waals surface area contributed by atoms with Crippen LogP contribution in [0.25, 0.3) is 34.2 Å². The Labute approximate surface area is 173 Å². The maximum atomic E-state index is 14.7. The maximum Gasteiger partial charge on any atom is 0.331 e. The lowest BCUT2D eigenvalue weighted by atomic mass is 10.0. The van der Waals surface area contributed by atoms with Gasteiger partial charge in [-0.25, -0.2) is 9.88 Å². The first-order valence-electron chi connectivity index (χ1n) is 9.98. The van der Waals surface area contributed by atoms with Gasteiger partial charge in [0, 0.05) is 35.5 Å². The fourth-order valence-electron chi connectivity index (χ4n) is 3.71. The highest BCUT2D eigenvalue weighted by Crippen LogP contribution is 2.38. The molecule has 0 aliphatic carbocycles. The molecule has 5 rings (SSSR count). The summed E-state index contributed by atoms with van der Waals surface area (Å²) in [7, 11) is 0. The Morgan fingerprint density at radius 2 is 1.67 bits per heavy atom. The van der Waals surface area contributed by atoms with Gasteiger partial charge in [0.25, 0.3) is 0 Å². The number of aromatic amines is 1. The molecular formula is C24H21F2N3O. The number of furan rings is 1. The number of hydrogen-bond acceptors (Lipinski definition) is 3. The van der Waals surface area contributed by atoms with Gasteiger partial charge in [-0.2, -0.15) is 8.78 Å². The van der Waals surface area contributed by atoms with Crippen LogP contribution in [0.5, 0.6) is 0 Å². The minimum Gasteiger partial charge on any atom is -0.453 e. The van der Waals surface area contributed by atoms with E-state index in [0.717, 1.165) is 23.4 Å². The number of H-pyrrole nitrogens is 1. The highest BCUT2D eigenvalue weighted by molar-refractivity contribution is 5.67. The molecule has 0 atom stereocenters. The van der Waals surface area contributed by atoms with Gasteiger partial charge in [-0.3, -0.25) is 0 Å². The van der Waals surface area contributed by atoms with Gasteiger partial charge in [0.2, 0.25) is 0 Å². The Bertz CT molecular complexity index is 1180. The molecule has 1 fully saturated rings. The number of likely N-dealkylation sites (tertiary alicyclic amines) is 1. The molecule has 1 saturated heterocycles. The van der Waals surface area contributed by atoms with Crippen LogP contribution >= 0.6 is 0 Å². The number of halogens is 2. The van der Waals surface area contributed by atoms with E-state index in [-0.39, 0.29) is 5.56 Å². The van der Waals surface area contributed by atoms with Crippen LogP contribution in [0.1, 0.15) is 17.7 Å². The third-order valence-electron chi connectivity index (χ3n) is 5.52. The second-order valence-corrected chi connectivity index (χ2v) is 7.55. The largest absolute Gasteiger partial charge is 0.453 e. The van der Waals surface area contributed by atoms with Gasteiger partial charge in [0.05, 0.1) is 5.69 Å². The summed E-state index contributed by atoms with van der Waals surface area (Å²) in [6.45, 7) is 2.80. The summed E-state index contributed by atoms with van der Waals surface area (Å²) in [5.41, 5.74) is 3.42. The number of alkyl halides is 2. The van der Waals surface area contributed by atoms with E-state index < -0.39 is 6.05 Å². The highest BCUT2D eigenvalue weighted by atomic mass is 19.3. The zero-order chi connectivity index (χ0) is 20.7. The molecule has 4 nitrogen and oxygen atoms in total. The lowest BCUT2D eigenvalue weighted by Crippen LogP contribution is -2.48. The second kappa shape index (κ2) is 7.22. The molecule has 2 aromatic heterocycles. The highest BCUT2D eigenvalue weighted by Gasteiger charge is 2.42. The van der Waals surface area contributed by atoms with Crippen LogP contribution < -0.4 is 0 Å². The van der Waals surface area contributed by atoms with E-state index in [1.807, 2.05) is 43.3 Å². The van der Waals surface area contributed by atoms with Gasteiger partial charge < -0.3 is 9.40 Å². The summed E-state index contributed by atoms with van der Waals surface area (Å²) in [5.74, 6) is 1.71. The van der Waals surface area contributed by atoms with Crippen LogP contribution in [0.4, 0.5) is 8.78 Å². The molecule has 0 unspecified atom stereocenters. The van der Waals surface area contributed by atoms with Gasteiger partial charge in [0.1, 0.15) is 5.76 Å². The Kier molecular flexibility index (Phi) is 4.51. The van der Waals surface area contributed by atoms with Crippen molar-refractivity contribution in [2.24, 2.45) is 0 Å². The number of aromatic nitrogens is 2. The van der Waals surface area contributed by atoms with Crippen molar-refractivity contribution in [3.63, 3.8) is 0 Å². The first-order chi connectivity index (χ1) is 14.5. The lowest BCUT2D eigenvalue weighted by Gasteiger charge is -2.37. The Hall–Kier alpha value is -3.25. The SMILES string of the molecule is Cc1[nH]c(-c2ccc(-c3cccc(C(F)(F)N4CCC4)c3)o2)nc1-c1ccccc1. The minimum atomic E-state index is -2.97. The van der Waals surface area contributed by atoms with E-state index in [1.54, 1.807) is 18.2 Å². The number of hydrogen-bond donors (Lipinski definition) is 1. The van der Waals surface area contributed by atoms with E-state index >= 15 is 0 Å². The molecule has 6 heteroatoms. The normalized spacial score (nSPS) is 14.6. The predicted octanol–water partition coefficient (Wildman–Crippen LogP) is 6.07. The Morgan fingerprint density at radius 1 is 0.933 bits per heavy atom. The van der Waals surface area contributed by atoms with Crippen LogP contribution in [0.3, 0.4) is 0 Å². The number of benzene rings is 2. The van der Waals surface area contributed by atoms with E-state index in [1.165, 1.54) is 17.0 Å². The average molecular weight is 405 g/mol. The van der Waals surface area contributed by atoms with Crippen molar-refractivity contribution in [3.8, 4) is 34.2 Å². The molecule has 152 valence electrons. The van der Waals surface area contributed by atoms with E-state index in [0.29, 0.717) is 36.0 Å². The molecule has 1 N–H and O–H groups in total. The van der Waals surface area contributed by atoms with Crippen LogP contribution in [0.15, 0.2) is 71.1 Å². The monoisotopic (exact) mass is 405 g/mol. The van der Waals surface area contributed by atoms with Gasteiger partial charge in [-0.1, -0.05) is 48.5 Å². The quantitative estimate of drug-likeness (QED) is 0.410. The third-order valence-corrected chi connectivity index (χ3v) is 5.52. The Balaban J connectivity index is 1.45. The molecule has 0 bridgehead atoms. The van der Waals surface area contributed by atoms with Gasteiger partial charge in [-0.05, 0) is 31.5 Å². The molecule has 30 heavy (non-hydrogen) atoms. The molecule has 0 spiro atoms. The summed E-state index contributed by atoms with van der Waals surface area (Å²) in [6, 6.07) is 16.9. The fraction of sp³-hybridized carbons (Fsp3) is 0.208. The number of aryl methyl sites for hydroxylation is 1. The molecule has 3 heterocycles. The number of nitrogens with zero attached hydrogens (tertiary/aromatic N) is 2. The first kappa shape index (κ1) is 18.8.